The number of carbonyl (C=O) groups is 2. The highest BCUT2D eigenvalue weighted by molar-refractivity contribution is 5.97. The van der Waals surface area contributed by atoms with Crippen LogP contribution in [-0.2, 0) is 11.3 Å². The number of rotatable bonds is 6. The lowest BCUT2D eigenvalue weighted by molar-refractivity contribution is -0.126. The highest BCUT2D eigenvalue weighted by Gasteiger charge is 2.30. The summed E-state index contributed by atoms with van der Waals surface area (Å²) >= 11 is 0. The number of amides is 2. The van der Waals surface area contributed by atoms with Crippen molar-refractivity contribution in [3.63, 3.8) is 0 Å². The molecule has 190 valence electrons. The molecule has 7 heteroatoms. The van der Waals surface area contributed by atoms with Crippen molar-refractivity contribution in [1.29, 1.82) is 0 Å². The minimum Gasteiger partial charge on any atom is -0.436 e. The van der Waals surface area contributed by atoms with Gasteiger partial charge < -0.3 is 14.6 Å². The van der Waals surface area contributed by atoms with Gasteiger partial charge in [-0.15, -0.1) is 0 Å². The molecule has 1 saturated heterocycles. The normalized spacial score (nSPS) is 15.1. The maximum atomic E-state index is 13.2. The van der Waals surface area contributed by atoms with E-state index in [4.69, 9.17) is 4.42 Å². The second kappa shape index (κ2) is 10.5. The Hall–Kier alpha value is -4.00. The first-order valence-corrected chi connectivity index (χ1v) is 12.7. The Labute approximate surface area is 215 Å². The number of aromatic nitrogens is 1. The lowest BCUT2D eigenvalue weighted by Gasteiger charge is -2.34. The number of oxazole rings is 1. The quantitative estimate of drug-likeness (QED) is 0.367. The average Bonchev–Trinajstić information content (AvgIpc) is 3.36. The van der Waals surface area contributed by atoms with Crippen molar-refractivity contribution >= 4 is 22.9 Å². The number of hydrogen-bond acceptors (Lipinski definition) is 4. The van der Waals surface area contributed by atoms with Crippen molar-refractivity contribution in [3.05, 3.63) is 89.2 Å². The van der Waals surface area contributed by atoms with Gasteiger partial charge in [-0.25, -0.2) is 9.37 Å². The van der Waals surface area contributed by atoms with E-state index >= 15 is 0 Å². The van der Waals surface area contributed by atoms with E-state index in [1.165, 1.54) is 12.1 Å². The number of hydrogen-bond donors (Lipinski definition) is 1. The maximum Gasteiger partial charge on any atom is 0.253 e. The molecular formula is C30H30FN3O3. The molecule has 0 aliphatic carbocycles. The van der Waals surface area contributed by atoms with Crippen LogP contribution in [0.5, 0.6) is 0 Å². The molecule has 1 aliphatic rings. The van der Waals surface area contributed by atoms with Crippen LogP contribution >= 0.6 is 0 Å². The van der Waals surface area contributed by atoms with Crippen molar-refractivity contribution in [2.45, 2.75) is 33.2 Å². The molecule has 1 fully saturated rings. The fourth-order valence-corrected chi connectivity index (χ4v) is 4.83. The van der Waals surface area contributed by atoms with Gasteiger partial charge in [0.2, 0.25) is 11.8 Å². The zero-order valence-corrected chi connectivity index (χ0v) is 21.0. The predicted octanol–water partition coefficient (Wildman–Crippen LogP) is 5.75. The monoisotopic (exact) mass is 499 g/mol. The van der Waals surface area contributed by atoms with Crippen LogP contribution < -0.4 is 5.32 Å². The first kappa shape index (κ1) is 24.7. The molecule has 0 spiro atoms. The summed E-state index contributed by atoms with van der Waals surface area (Å²) in [4.78, 5) is 32.3. The van der Waals surface area contributed by atoms with Crippen molar-refractivity contribution in [2.24, 2.45) is 11.8 Å². The standard InChI is InChI=1S/C30H30FN3O3/c1-19-3-7-23(8-4-19)29-33-26-17-24(9-12-27(26)37-29)30(36)34-15-13-22(14-16-34)20(2)28(35)32-18-21-5-10-25(31)11-6-21/h3-12,17,20,22H,13-16,18H2,1-2H3,(H,32,35). The average molecular weight is 500 g/mol. The van der Waals surface area contributed by atoms with Crippen LogP contribution in [0.1, 0.15) is 41.3 Å². The topological polar surface area (TPSA) is 75.4 Å². The van der Waals surface area contributed by atoms with Crippen LogP contribution in [0.2, 0.25) is 0 Å². The molecule has 1 unspecified atom stereocenters. The maximum absolute atomic E-state index is 13.2. The van der Waals surface area contributed by atoms with Gasteiger partial charge in [-0.1, -0.05) is 36.8 Å². The van der Waals surface area contributed by atoms with E-state index in [9.17, 15) is 14.0 Å². The minimum absolute atomic E-state index is 0.0185. The lowest BCUT2D eigenvalue weighted by atomic mass is 9.84. The third-order valence-corrected chi connectivity index (χ3v) is 7.26. The van der Waals surface area contributed by atoms with E-state index in [-0.39, 0.29) is 29.5 Å². The highest BCUT2D eigenvalue weighted by atomic mass is 19.1. The summed E-state index contributed by atoms with van der Waals surface area (Å²) in [6.07, 6.45) is 1.53. The smallest absolute Gasteiger partial charge is 0.253 e. The molecule has 1 aliphatic heterocycles. The number of aryl methyl sites for hydroxylation is 1. The molecule has 6 nitrogen and oxygen atoms in total. The number of carbonyl (C=O) groups excluding carboxylic acids is 2. The van der Waals surface area contributed by atoms with Crippen LogP contribution in [0.15, 0.2) is 71.1 Å². The number of likely N-dealkylation sites (tertiary alicyclic amines) is 1. The molecule has 37 heavy (non-hydrogen) atoms. The second-order valence-corrected chi connectivity index (χ2v) is 9.83. The van der Waals surface area contributed by atoms with Gasteiger partial charge in [0.1, 0.15) is 11.3 Å². The minimum atomic E-state index is -0.294. The van der Waals surface area contributed by atoms with Gasteiger partial charge in [-0.05, 0) is 73.7 Å². The van der Waals surface area contributed by atoms with Gasteiger partial charge in [0.05, 0.1) is 0 Å². The molecule has 3 aromatic carbocycles. The van der Waals surface area contributed by atoms with Gasteiger partial charge in [0, 0.05) is 36.7 Å². The van der Waals surface area contributed by atoms with Crippen LogP contribution in [0.25, 0.3) is 22.6 Å². The Morgan fingerprint density at radius 2 is 1.76 bits per heavy atom. The Morgan fingerprint density at radius 3 is 2.46 bits per heavy atom. The summed E-state index contributed by atoms with van der Waals surface area (Å²) in [7, 11) is 0. The second-order valence-electron chi connectivity index (χ2n) is 9.83. The summed E-state index contributed by atoms with van der Waals surface area (Å²) in [6, 6.07) is 19.5. The van der Waals surface area contributed by atoms with Gasteiger partial charge in [-0.3, -0.25) is 9.59 Å². The number of nitrogens with one attached hydrogen (secondary N) is 1. The SMILES string of the molecule is Cc1ccc(-c2nc3cc(C(=O)N4CCC(C(C)C(=O)NCc5ccc(F)cc5)CC4)ccc3o2)cc1. The van der Waals surface area contributed by atoms with Gasteiger partial charge in [0.15, 0.2) is 5.58 Å². The van der Waals surface area contributed by atoms with Gasteiger partial charge in [0.25, 0.3) is 5.91 Å². The van der Waals surface area contributed by atoms with E-state index in [0.717, 1.165) is 29.5 Å². The van der Waals surface area contributed by atoms with Crippen LogP contribution in [0, 0.1) is 24.6 Å². The highest BCUT2D eigenvalue weighted by Crippen LogP contribution is 2.28. The van der Waals surface area contributed by atoms with E-state index in [0.29, 0.717) is 42.2 Å². The zero-order valence-electron chi connectivity index (χ0n) is 21.0. The van der Waals surface area contributed by atoms with Crippen LogP contribution in [0.4, 0.5) is 4.39 Å². The molecule has 1 aromatic heterocycles. The van der Waals surface area contributed by atoms with Crippen molar-refractivity contribution in [3.8, 4) is 11.5 Å². The molecular weight excluding hydrogens is 469 g/mol. The third-order valence-electron chi connectivity index (χ3n) is 7.26. The van der Waals surface area contributed by atoms with Crippen LogP contribution in [-0.4, -0.2) is 34.8 Å². The number of benzene rings is 3. The Bertz CT molecular complexity index is 1400. The fraction of sp³-hybridized carbons (Fsp3) is 0.300. The van der Waals surface area contributed by atoms with Crippen LogP contribution in [0.3, 0.4) is 0 Å². The summed E-state index contributed by atoms with van der Waals surface area (Å²) in [5.41, 5.74) is 4.80. The van der Waals surface area contributed by atoms with E-state index in [1.807, 2.05) is 43.0 Å². The molecule has 1 atom stereocenters. The number of halogens is 1. The van der Waals surface area contributed by atoms with Crippen molar-refractivity contribution < 1.29 is 18.4 Å². The Kier molecular flexibility index (Phi) is 7.04. The molecule has 5 rings (SSSR count). The summed E-state index contributed by atoms with van der Waals surface area (Å²) in [6.45, 7) is 5.54. The molecule has 1 N–H and O–H groups in total. The van der Waals surface area contributed by atoms with E-state index in [2.05, 4.69) is 10.3 Å². The number of piperidine rings is 1. The summed E-state index contributed by atoms with van der Waals surface area (Å²) in [5, 5.41) is 2.95. The fourth-order valence-electron chi connectivity index (χ4n) is 4.83. The largest absolute Gasteiger partial charge is 0.436 e. The molecule has 2 heterocycles. The summed E-state index contributed by atoms with van der Waals surface area (Å²) in [5.74, 6) is 0.227. The molecule has 0 bridgehead atoms. The first-order chi connectivity index (χ1) is 17.9. The lowest BCUT2D eigenvalue weighted by Crippen LogP contribution is -2.42. The third kappa shape index (κ3) is 5.56. The van der Waals surface area contributed by atoms with Gasteiger partial charge in [-0.2, -0.15) is 0 Å². The number of fused-ring (bicyclic) bond motifs is 1. The Morgan fingerprint density at radius 1 is 1.05 bits per heavy atom. The summed E-state index contributed by atoms with van der Waals surface area (Å²) < 4.78 is 19.0. The van der Waals surface area contributed by atoms with Gasteiger partial charge >= 0.3 is 0 Å². The zero-order chi connectivity index (χ0) is 25.9. The molecule has 4 aromatic rings. The molecule has 2 amide bonds. The first-order valence-electron chi connectivity index (χ1n) is 12.7. The number of nitrogens with zero attached hydrogens (tertiary/aromatic N) is 2. The Balaban J connectivity index is 1.17. The van der Waals surface area contributed by atoms with E-state index in [1.54, 1.807) is 30.3 Å². The molecule has 0 saturated carbocycles. The van der Waals surface area contributed by atoms with Crippen molar-refractivity contribution in [1.82, 2.24) is 15.2 Å². The molecule has 0 radical (unpaired) electrons. The van der Waals surface area contributed by atoms with E-state index < -0.39 is 0 Å². The predicted molar refractivity (Wildman–Crippen MR) is 140 cm³/mol. The van der Waals surface area contributed by atoms with Crippen molar-refractivity contribution in [2.75, 3.05) is 13.1 Å².